The van der Waals surface area contributed by atoms with Crippen molar-refractivity contribution >= 4 is 17.0 Å². The zero-order chi connectivity index (χ0) is 15.5. The summed E-state index contributed by atoms with van der Waals surface area (Å²) in [7, 11) is 0. The number of carbonyl (C=O) groups is 1. The first-order valence-electron chi connectivity index (χ1n) is 6.63. The Kier molecular flexibility index (Phi) is 3.82. The molecule has 22 heavy (non-hydrogen) atoms. The Morgan fingerprint density at radius 3 is 2.64 bits per heavy atom. The van der Waals surface area contributed by atoms with Crippen LogP contribution in [0.15, 0.2) is 48.5 Å². The smallest absolute Gasteiger partial charge is 0.340 e. The quantitative estimate of drug-likeness (QED) is 0.745. The van der Waals surface area contributed by atoms with Crippen molar-refractivity contribution in [1.82, 2.24) is 9.97 Å². The zero-order valence-electron chi connectivity index (χ0n) is 11.4. The molecule has 1 N–H and O–H groups in total. The minimum absolute atomic E-state index is 0.113. The lowest BCUT2D eigenvalue weighted by Crippen LogP contribution is -2.06. The van der Waals surface area contributed by atoms with Gasteiger partial charge in [-0.25, -0.2) is 18.6 Å². The van der Waals surface area contributed by atoms with Crippen molar-refractivity contribution in [3.05, 3.63) is 65.5 Å². The van der Waals surface area contributed by atoms with Crippen molar-refractivity contribution in [2.75, 3.05) is 0 Å². The second-order valence-electron chi connectivity index (χ2n) is 4.69. The van der Waals surface area contributed by atoms with E-state index in [2.05, 4.69) is 9.97 Å². The van der Waals surface area contributed by atoms with E-state index in [1.165, 1.54) is 6.07 Å². The maximum Gasteiger partial charge on any atom is 0.340 e. The standard InChI is InChI=1S/C16H12F2N2O2/c17-14(18)15-19-12-8-4-7-11(13(12)20-15)16(21)22-9-10-5-2-1-3-6-10/h1-8,14H,9H2,(H,19,20). The van der Waals surface area contributed by atoms with Gasteiger partial charge in [0, 0.05) is 0 Å². The number of ether oxygens (including phenoxy) is 1. The van der Waals surface area contributed by atoms with Crippen LogP contribution in [0.5, 0.6) is 0 Å². The number of hydrogen-bond donors (Lipinski definition) is 1. The van der Waals surface area contributed by atoms with Crippen LogP contribution in [-0.4, -0.2) is 15.9 Å². The van der Waals surface area contributed by atoms with Gasteiger partial charge in [0.2, 0.25) is 0 Å². The maximum atomic E-state index is 12.7. The number of fused-ring (bicyclic) bond motifs is 1. The molecule has 6 heteroatoms. The summed E-state index contributed by atoms with van der Waals surface area (Å²) in [5.41, 5.74) is 1.58. The molecule has 112 valence electrons. The Balaban J connectivity index is 1.84. The first kappa shape index (κ1) is 14.2. The van der Waals surface area contributed by atoms with Gasteiger partial charge in [0.1, 0.15) is 12.1 Å². The average molecular weight is 302 g/mol. The van der Waals surface area contributed by atoms with Crippen molar-refractivity contribution in [1.29, 1.82) is 0 Å². The Morgan fingerprint density at radius 2 is 1.91 bits per heavy atom. The van der Waals surface area contributed by atoms with E-state index in [0.717, 1.165) is 5.56 Å². The number of carbonyl (C=O) groups excluding carboxylic acids is 1. The van der Waals surface area contributed by atoms with E-state index in [9.17, 15) is 13.6 Å². The van der Waals surface area contributed by atoms with Crippen molar-refractivity contribution in [2.24, 2.45) is 0 Å². The van der Waals surface area contributed by atoms with E-state index >= 15 is 0 Å². The average Bonchev–Trinajstić information content (AvgIpc) is 2.98. The van der Waals surface area contributed by atoms with Crippen LogP contribution in [0.1, 0.15) is 28.2 Å². The van der Waals surface area contributed by atoms with Crippen LogP contribution in [0.25, 0.3) is 11.0 Å². The number of H-pyrrole nitrogens is 1. The molecule has 0 aliphatic rings. The molecule has 0 radical (unpaired) electrons. The van der Waals surface area contributed by atoms with Gasteiger partial charge >= 0.3 is 5.97 Å². The summed E-state index contributed by atoms with van der Waals surface area (Å²) in [5.74, 6) is -1.06. The highest BCUT2D eigenvalue weighted by molar-refractivity contribution is 6.01. The first-order chi connectivity index (χ1) is 10.6. The molecular formula is C16H12F2N2O2. The number of esters is 1. The summed E-state index contributed by atoms with van der Waals surface area (Å²) >= 11 is 0. The van der Waals surface area contributed by atoms with Crippen molar-refractivity contribution in [3.8, 4) is 0 Å². The molecule has 1 aromatic heterocycles. The van der Waals surface area contributed by atoms with Gasteiger partial charge in [-0.1, -0.05) is 36.4 Å². The summed E-state index contributed by atoms with van der Waals surface area (Å²) in [5, 5.41) is 0. The third kappa shape index (κ3) is 2.81. The van der Waals surface area contributed by atoms with Crippen molar-refractivity contribution < 1.29 is 18.3 Å². The molecule has 3 aromatic rings. The van der Waals surface area contributed by atoms with E-state index in [-0.39, 0.29) is 17.7 Å². The van der Waals surface area contributed by atoms with Gasteiger partial charge in [-0.05, 0) is 17.7 Å². The van der Waals surface area contributed by atoms with E-state index < -0.39 is 18.2 Å². The fourth-order valence-corrected chi connectivity index (χ4v) is 2.12. The van der Waals surface area contributed by atoms with E-state index in [1.54, 1.807) is 12.1 Å². The molecule has 0 unspecified atom stereocenters. The van der Waals surface area contributed by atoms with Gasteiger partial charge in [-0.2, -0.15) is 0 Å². The number of para-hydroxylation sites is 1. The predicted molar refractivity (Wildman–Crippen MR) is 76.6 cm³/mol. The monoisotopic (exact) mass is 302 g/mol. The van der Waals surface area contributed by atoms with Crippen molar-refractivity contribution in [2.45, 2.75) is 13.0 Å². The number of benzene rings is 2. The minimum atomic E-state index is -2.72. The van der Waals surface area contributed by atoms with Gasteiger partial charge < -0.3 is 9.72 Å². The van der Waals surface area contributed by atoms with Crippen LogP contribution in [0, 0.1) is 0 Å². The Bertz CT molecular complexity index is 800. The van der Waals surface area contributed by atoms with Crippen LogP contribution in [0.4, 0.5) is 8.78 Å². The highest BCUT2D eigenvalue weighted by Gasteiger charge is 2.18. The molecule has 0 bridgehead atoms. The Morgan fingerprint density at radius 1 is 1.14 bits per heavy atom. The Hall–Kier alpha value is -2.76. The van der Waals surface area contributed by atoms with E-state index in [1.807, 2.05) is 30.3 Å². The number of nitrogens with zero attached hydrogens (tertiary/aromatic N) is 1. The normalized spacial score (nSPS) is 11.0. The lowest BCUT2D eigenvalue weighted by molar-refractivity contribution is 0.0474. The van der Waals surface area contributed by atoms with Gasteiger partial charge in [-0.15, -0.1) is 0 Å². The summed E-state index contributed by atoms with van der Waals surface area (Å²) < 4.78 is 30.6. The highest BCUT2D eigenvalue weighted by atomic mass is 19.3. The molecule has 0 saturated carbocycles. The fourth-order valence-electron chi connectivity index (χ4n) is 2.12. The van der Waals surface area contributed by atoms with Crippen LogP contribution >= 0.6 is 0 Å². The largest absolute Gasteiger partial charge is 0.457 e. The number of alkyl halides is 2. The number of nitrogens with one attached hydrogen (secondary N) is 1. The second kappa shape index (κ2) is 5.93. The number of aromatic nitrogens is 2. The number of imidazole rings is 1. The summed E-state index contributed by atoms with van der Waals surface area (Å²) in [6.07, 6.45) is -2.72. The molecule has 4 nitrogen and oxygen atoms in total. The van der Waals surface area contributed by atoms with Crippen LogP contribution in [0.2, 0.25) is 0 Å². The summed E-state index contributed by atoms with van der Waals surface area (Å²) in [6, 6.07) is 13.9. The molecular weight excluding hydrogens is 290 g/mol. The van der Waals surface area contributed by atoms with E-state index in [4.69, 9.17) is 4.74 Å². The molecule has 0 aliphatic carbocycles. The lowest BCUT2D eigenvalue weighted by atomic mass is 10.2. The van der Waals surface area contributed by atoms with Crippen LogP contribution in [0.3, 0.4) is 0 Å². The maximum absolute atomic E-state index is 12.7. The number of hydrogen-bond acceptors (Lipinski definition) is 3. The predicted octanol–water partition coefficient (Wildman–Crippen LogP) is 3.86. The number of halogens is 2. The third-order valence-corrected chi connectivity index (χ3v) is 3.17. The molecule has 3 rings (SSSR count). The molecule has 0 atom stereocenters. The van der Waals surface area contributed by atoms with Gasteiger partial charge in [0.05, 0.1) is 11.1 Å². The molecule has 0 spiro atoms. The summed E-state index contributed by atoms with van der Waals surface area (Å²) in [6.45, 7) is 0.113. The molecule has 0 fully saturated rings. The van der Waals surface area contributed by atoms with Crippen molar-refractivity contribution in [3.63, 3.8) is 0 Å². The molecule has 0 amide bonds. The highest BCUT2D eigenvalue weighted by Crippen LogP contribution is 2.23. The molecule has 0 aliphatic heterocycles. The summed E-state index contributed by atoms with van der Waals surface area (Å²) in [4.78, 5) is 18.4. The number of rotatable bonds is 4. The topological polar surface area (TPSA) is 55.0 Å². The zero-order valence-corrected chi connectivity index (χ0v) is 11.4. The first-order valence-corrected chi connectivity index (χ1v) is 6.63. The molecule has 0 saturated heterocycles. The molecule has 2 aromatic carbocycles. The van der Waals surface area contributed by atoms with Gasteiger partial charge in [0.25, 0.3) is 6.43 Å². The second-order valence-corrected chi connectivity index (χ2v) is 4.69. The van der Waals surface area contributed by atoms with Crippen LogP contribution < -0.4 is 0 Å². The van der Waals surface area contributed by atoms with Crippen LogP contribution in [-0.2, 0) is 11.3 Å². The van der Waals surface area contributed by atoms with Gasteiger partial charge in [-0.3, -0.25) is 0 Å². The third-order valence-electron chi connectivity index (χ3n) is 3.17. The minimum Gasteiger partial charge on any atom is -0.457 e. The Labute approximate surface area is 124 Å². The SMILES string of the molecule is O=C(OCc1ccccc1)c1cccc2[nH]c(C(F)F)nc12. The van der Waals surface area contributed by atoms with Gasteiger partial charge in [0.15, 0.2) is 5.82 Å². The van der Waals surface area contributed by atoms with E-state index in [0.29, 0.717) is 5.52 Å². The number of aromatic amines is 1. The molecule has 1 heterocycles. The lowest BCUT2D eigenvalue weighted by Gasteiger charge is -2.05. The fraction of sp³-hybridized carbons (Fsp3) is 0.125.